The fourth-order valence-electron chi connectivity index (χ4n) is 4.36. The lowest BCUT2D eigenvalue weighted by Gasteiger charge is -2.49. The van der Waals surface area contributed by atoms with Crippen LogP contribution in [0.1, 0.15) is 12.2 Å². The number of hydrogen-bond acceptors (Lipinski definition) is 13. The minimum absolute atomic E-state index is 0.0417. The molecule has 1 fully saturated rings. The van der Waals surface area contributed by atoms with Gasteiger partial charge in [-0.3, -0.25) is 14.5 Å². The predicted octanol–water partition coefficient (Wildman–Crippen LogP) is -1.39. The van der Waals surface area contributed by atoms with Crippen LogP contribution in [0.5, 0.6) is 0 Å². The number of nitrogens with one attached hydrogen (secondary N) is 2. The molecule has 0 bridgehead atoms. The van der Waals surface area contributed by atoms with Crippen LogP contribution in [0.2, 0.25) is 0 Å². The number of hydrogen-bond donors (Lipinski definition) is 5. The van der Waals surface area contributed by atoms with Crippen LogP contribution in [0.4, 0.5) is 10.9 Å². The van der Waals surface area contributed by atoms with Crippen molar-refractivity contribution >= 4 is 63.4 Å². The lowest BCUT2D eigenvalue weighted by molar-refractivity contribution is -0.662. The van der Waals surface area contributed by atoms with Crippen molar-refractivity contribution in [2.75, 3.05) is 37.0 Å². The van der Waals surface area contributed by atoms with Crippen LogP contribution in [0, 0.1) is 0 Å². The largest absolute Gasteiger partial charge is 0.477 e. The number of nitrogens with zero attached hydrogens (tertiary/aromatic N) is 7. The molecule has 0 spiro atoms. The van der Waals surface area contributed by atoms with Crippen molar-refractivity contribution in [2.24, 2.45) is 10.9 Å². The summed E-state index contributed by atoms with van der Waals surface area (Å²) in [7, 11) is 1.25. The van der Waals surface area contributed by atoms with Crippen LogP contribution < -0.4 is 26.7 Å². The highest BCUT2D eigenvalue weighted by Gasteiger charge is 2.54. The van der Waals surface area contributed by atoms with Crippen LogP contribution in [0.3, 0.4) is 0 Å². The predicted molar refractivity (Wildman–Crippen MR) is 145 cm³/mol. The Labute approximate surface area is 235 Å². The van der Waals surface area contributed by atoms with Gasteiger partial charge in [0.25, 0.3) is 11.8 Å². The molecular weight excluding hydrogens is 562 g/mol. The van der Waals surface area contributed by atoms with Crippen molar-refractivity contribution in [3.63, 3.8) is 0 Å². The van der Waals surface area contributed by atoms with Gasteiger partial charge in [0.1, 0.15) is 37.0 Å². The monoisotopic (exact) mass is 588 g/mol. The Morgan fingerprint density at radius 3 is 2.90 bits per heavy atom. The van der Waals surface area contributed by atoms with Gasteiger partial charge in [-0.25, -0.2) is 9.36 Å². The van der Waals surface area contributed by atoms with E-state index >= 15 is 0 Å². The van der Waals surface area contributed by atoms with Crippen molar-refractivity contribution in [2.45, 2.75) is 24.4 Å². The molecule has 0 saturated carbocycles. The van der Waals surface area contributed by atoms with Crippen molar-refractivity contribution in [1.82, 2.24) is 29.2 Å². The summed E-state index contributed by atoms with van der Waals surface area (Å²) in [6.07, 6.45) is 4.38. The first-order valence-electron chi connectivity index (χ1n) is 12.1. The summed E-state index contributed by atoms with van der Waals surface area (Å²) in [4.78, 5) is 48.2. The minimum atomic E-state index is -1.23. The SMILES string of the molecule is CO/N=C(\C(=O)N[C@@H]1C(=O)N2C(C(=O)O)=C(C[n+]3ccn4nc(NCCCN)ccc43)CS[C@H]12)c1nsc(N)n1. The Hall–Kier alpha value is -4.29. The summed E-state index contributed by atoms with van der Waals surface area (Å²) in [5.41, 5.74) is 12.1. The van der Waals surface area contributed by atoms with E-state index in [0.29, 0.717) is 30.2 Å². The van der Waals surface area contributed by atoms with Gasteiger partial charge >= 0.3 is 11.6 Å². The Balaban J connectivity index is 1.33. The number of thioether (sulfide) groups is 1. The van der Waals surface area contributed by atoms with E-state index in [1.165, 1.54) is 23.8 Å². The molecule has 0 aliphatic carbocycles. The van der Waals surface area contributed by atoms with Crippen LogP contribution >= 0.6 is 23.3 Å². The molecule has 3 aromatic heterocycles. The standard InChI is InChI=1S/C22H25N11O5S2/c1-38-29-14(17-27-22(24)40-30-17)18(34)26-15-19(35)33-16(21(36)37)11(10-39-20(15)33)9-31-7-8-32-13(31)4-3-12(28-32)25-6-2-5-23/h3-4,7-8,15,20H,2,5-6,9-10,23H2,1H3,(H4-,24,25,26,27,28,30,34,36,37)/p+1/b29-14-/t15-,20-/m1/s1. The van der Waals surface area contributed by atoms with Crippen LogP contribution in [0.15, 0.2) is 41.0 Å². The van der Waals surface area contributed by atoms with Gasteiger partial charge < -0.3 is 32.0 Å². The molecule has 2 aliphatic rings. The lowest BCUT2D eigenvalue weighted by Crippen LogP contribution is -2.71. The zero-order valence-corrected chi connectivity index (χ0v) is 22.8. The number of aliphatic carboxylic acids is 1. The number of carbonyl (C=O) groups excluding carboxylic acids is 2. The van der Waals surface area contributed by atoms with E-state index in [1.807, 2.05) is 16.7 Å². The molecule has 0 aromatic carbocycles. The molecule has 2 aliphatic heterocycles. The van der Waals surface area contributed by atoms with Crippen LogP contribution in [-0.2, 0) is 25.8 Å². The van der Waals surface area contributed by atoms with E-state index in [2.05, 4.69) is 30.2 Å². The van der Waals surface area contributed by atoms with Crippen molar-refractivity contribution in [3.05, 3.63) is 41.6 Å². The zero-order chi connectivity index (χ0) is 28.4. The Kier molecular flexibility index (Phi) is 7.81. The third kappa shape index (κ3) is 5.15. The molecule has 210 valence electrons. The molecule has 3 aromatic rings. The van der Waals surface area contributed by atoms with Gasteiger partial charge in [0.05, 0.1) is 0 Å². The number of carboxylic acid groups (broad SMARTS) is 1. The average Bonchev–Trinajstić information content (AvgIpc) is 3.55. The highest BCUT2D eigenvalue weighted by molar-refractivity contribution is 8.00. The molecule has 18 heteroatoms. The molecule has 16 nitrogen and oxygen atoms in total. The topological polar surface area (TPSA) is 219 Å². The molecule has 5 heterocycles. The smallest absolute Gasteiger partial charge is 0.352 e. The van der Waals surface area contributed by atoms with Gasteiger partial charge in [0, 0.05) is 35.5 Å². The Bertz CT molecular complexity index is 1530. The molecule has 2 amide bonds. The Morgan fingerprint density at radius 1 is 1.38 bits per heavy atom. The van der Waals surface area contributed by atoms with E-state index in [9.17, 15) is 19.5 Å². The molecular formula is C22H26N11O5S2+. The van der Waals surface area contributed by atoms with Gasteiger partial charge in [-0.2, -0.15) is 9.36 Å². The summed E-state index contributed by atoms with van der Waals surface area (Å²) < 4.78 is 7.51. The first-order chi connectivity index (χ1) is 19.3. The fraction of sp³-hybridized carbons (Fsp3) is 0.364. The number of oxime groups is 1. The Morgan fingerprint density at radius 2 is 2.20 bits per heavy atom. The maximum absolute atomic E-state index is 13.1. The molecule has 0 radical (unpaired) electrons. The molecule has 5 rings (SSSR count). The number of rotatable bonds is 11. The molecule has 0 unspecified atom stereocenters. The third-order valence-corrected chi connectivity index (χ3v) is 8.04. The summed E-state index contributed by atoms with van der Waals surface area (Å²) in [5.74, 6) is -1.54. The van der Waals surface area contributed by atoms with E-state index in [0.717, 1.165) is 23.6 Å². The number of carboxylic acids is 1. The second kappa shape index (κ2) is 11.4. The van der Waals surface area contributed by atoms with Crippen molar-refractivity contribution in [1.29, 1.82) is 0 Å². The van der Waals surface area contributed by atoms with Gasteiger partial charge in [0.2, 0.25) is 11.5 Å². The second-order valence-corrected chi connectivity index (χ2v) is 10.6. The highest BCUT2D eigenvalue weighted by Crippen LogP contribution is 2.40. The van der Waals surface area contributed by atoms with E-state index < -0.39 is 29.2 Å². The fourth-order valence-corrected chi connectivity index (χ4v) is 6.13. The molecule has 7 N–H and O–H groups in total. The third-order valence-electron chi connectivity index (χ3n) is 6.16. The summed E-state index contributed by atoms with van der Waals surface area (Å²) in [5, 5.41) is 23.6. The average molecular weight is 589 g/mol. The summed E-state index contributed by atoms with van der Waals surface area (Å²) in [6, 6.07) is 2.74. The quantitative estimate of drug-likeness (QED) is 0.0574. The number of anilines is 2. The second-order valence-electron chi connectivity index (χ2n) is 8.71. The number of imidazole rings is 1. The molecule has 40 heavy (non-hydrogen) atoms. The van der Waals surface area contributed by atoms with E-state index in [4.69, 9.17) is 16.3 Å². The van der Waals surface area contributed by atoms with Gasteiger partial charge in [-0.05, 0) is 19.0 Å². The first kappa shape index (κ1) is 27.3. The maximum Gasteiger partial charge on any atom is 0.352 e. The van der Waals surface area contributed by atoms with Crippen LogP contribution in [-0.4, -0.2) is 89.8 Å². The number of aromatic nitrogens is 5. The number of nitrogen functional groups attached to an aromatic ring is 1. The number of amides is 2. The molecule has 2 atom stereocenters. The van der Waals surface area contributed by atoms with Crippen LogP contribution in [0.25, 0.3) is 5.65 Å². The normalized spacial score (nSPS) is 18.9. The van der Waals surface area contributed by atoms with Gasteiger partial charge in [-0.15, -0.1) is 11.8 Å². The van der Waals surface area contributed by atoms with E-state index in [-0.39, 0.29) is 28.9 Å². The number of fused-ring (bicyclic) bond motifs is 2. The lowest BCUT2D eigenvalue weighted by atomic mass is 10.0. The summed E-state index contributed by atoms with van der Waals surface area (Å²) in [6.45, 7) is 1.52. The van der Waals surface area contributed by atoms with Crippen molar-refractivity contribution < 1.29 is 28.9 Å². The number of β-lactam (4-membered cyclic amide) rings is 1. The number of carbonyl (C=O) groups is 3. The van der Waals surface area contributed by atoms with Gasteiger partial charge in [0.15, 0.2) is 17.1 Å². The minimum Gasteiger partial charge on any atom is -0.477 e. The maximum atomic E-state index is 13.1. The highest BCUT2D eigenvalue weighted by atomic mass is 32.2. The van der Waals surface area contributed by atoms with E-state index in [1.54, 1.807) is 16.9 Å². The van der Waals surface area contributed by atoms with Crippen molar-refractivity contribution in [3.8, 4) is 0 Å². The zero-order valence-electron chi connectivity index (χ0n) is 21.2. The molecule has 1 saturated heterocycles. The first-order valence-corrected chi connectivity index (χ1v) is 13.9. The summed E-state index contributed by atoms with van der Waals surface area (Å²) >= 11 is 2.23. The number of nitrogens with two attached hydrogens (primary N) is 2. The van der Waals surface area contributed by atoms with Gasteiger partial charge in [-0.1, -0.05) is 14.8 Å².